The Labute approximate surface area is 139 Å². The van der Waals surface area contributed by atoms with Crippen LogP contribution in [0.3, 0.4) is 0 Å². The summed E-state index contributed by atoms with van der Waals surface area (Å²) in [6.07, 6.45) is 2.40. The summed E-state index contributed by atoms with van der Waals surface area (Å²) in [4.78, 5) is 14.8. The molecule has 0 aliphatic rings. The fourth-order valence-corrected chi connectivity index (χ4v) is 2.38. The summed E-state index contributed by atoms with van der Waals surface area (Å²) in [5.41, 5.74) is 1.47. The molecule has 0 atom stereocenters. The zero-order valence-corrected chi connectivity index (χ0v) is 13.8. The molecule has 2 N–H and O–H groups in total. The highest BCUT2D eigenvalue weighted by Crippen LogP contribution is 2.21. The first-order valence-corrected chi connectivity index (χ1v) is 7.71. The molecule has 0 fully saturated rings. The van der Waals surface area contributed by atoms with Crippen LogP contribution in [0.2, 0.25) is 5.02 Å². The number of H-pyrrole nitrogens is 1. The maximum absolute atomic E-state index is 11.9. The molecule has 1 amide bonds. The van der Waals surface area contributed by atoms with Crippen molar-refractivity contribution in [2.45, 2.75) is 13.3 Å². The number of ether oxygens (including phenoxy) is 1. The van der Waals surface area contributed by atoms with E-state index in [2.05, 4.69) is 10.3 Å². The van der Waals surface area contributed by atoms with E-state index in [1.165, 1.54) is 0 Å². The number of pyridine rings is 1. The van der Waals surface area contributed by atoms with Crippen LogP contribution in [0.15, 0.2) is 36.5 Å². The van der Waals surface area contributed by atoms with Crippen LogP contribution in [0.4, 0.5) is 0 Å². The van der Waals surface area contributed by atoms with Crippen molar-refractivity contribution in [2.24, 2.45) is 0 Å². The lowest BCUT2D eigenvalue weighted by Gasteiger charge is -2.10. The summed E-state index contributed by atoms with van der Waals surface area (Å²) in [7, 11) is 0. The number of amides is 1. The van der Waals surface area contributed by atoms with Crippen molar-refractivity contribution in [3.8, 4) is 5.75 Å². The number of rotatable bonds is 6. The van der Waals surface area contributed by atoms with Gasteiger partial charge >= 0.3 is 0 Å². The number of nitrogens with one attached hydrogen (secondary N) is 2. The van der Waals surface area contributed by atoms with Crippen molar-refractivity contribution in [1.82, 2.24) is 10.3 Å². The number of halogens is 1. The Morgan fingerprint density at radius 1 is 1.41 bits per heavy atom. The Balaban J connectivity index is 1.75. The van der Waals surface area contributed by atoms with Crippen molar-refractivity contribution >= 4 is 29.7 Å². The Morgan fingerprint density at radius 3 is 2.95 bits per heavy atom. The highest BCUT2D eigenvalue weighted by molar-refractivity contribution is 7.71. The van der Waals surface area contributed by atoms with Crippen molar-refractivity contribution in [1.29, 1.82) is 0 Å². The molecule has 0 bridgehead atoms. The minimum Gasteiger partial charge on any atom is -0.493 e. The maximum Gasteiger partial charge on any atom is 0.254 e. The first-order valence-electron chi connectivity index (χ1n) is 6.93. The average molecular weight is 337 g/mol. The predicted molar refractivity (Wildman–Crippen MR) is 90.3 cm³/mol. The summed E-state index contributed by atoms with van der Waals surface area (Å²) in [5, 5.41) is 3.51. The van der Waals surface area contributed by atoms with E-state index in [9.17, 15) is 4.79 Å². The molecule has 0 spiro atoms. The van der Waals surface area contributed by atoms with Gasteiger partial charge in [-0.1, -0.05) is 23.8 Å². The van der Waals surface area contributed by atoms with Crippen LogP contribution in [-0.4, -0.2) is 24.0 Å². The van der Waals surface area contributed by atoms with Crippen molar-refractivity contribution in [3.63, 3.8) is 0 Å². The Bertz CT molecular complexity index is 715. The first-order chi connectivity index (χ1) is 10.6. The molecular formula is C16H17ClN2O2S. The zero-order valence-electron chi connectivity index (χ0n) is 12.2. The van der Waals surface area contributed by atoms with Gasteiger partial charge in [-0.15, -0.1) is 0 Å². The fraction of sp³-hybridized carbons (Fsp3) is 0.250. The third-order valence-corrected chi connectivity index (χ3v) is 3.64. The SMILES string of the molecule is Cc1cc(Cl)ccc1OCCCNC(=O)c1ccc[nH]c1=S. The van der Waals surface area contributed by atoms with Crippen molar-refractivity contribution in [2.75, 3.05) is 13.2 Å². The van der Waals surface area contributed by atoms with E-state index in [0.29, 0.717) is 34.8 Å². The minimum atomic E-state index is -0.176. The van der Waals surface area contributed by atoms with Gasteiger partial charge < -0.3 is 15.0 Å². The third kappa shape index (κ3) is 4.58. The van der Waals surface area contributed by atoms with E-state index in [4.69, 9.17) is 28.6 Å². The van der Waals surface area contributed by atoms with E-state index in [-0.39, 0.29) is 5.91 Å². The molecule has 2 rings (SSSR count). The molecule has 4 nitrogen and oxygen atoms in total. The van der Waals surface area contributed by atoms with E-state index in [1.807, 2.05) is 19.1 Å². The van der Waals surface area contributed by atoms with Crippen LogP contribution in [0, 0.1) is 11.6 Å². The number of benzene rings is 1. The first kappa shape index (κ1) is 16.5. The van der Waals surface area contributed by atoms with Gasteiger partial charge in [0.2, 0.25) is 0 Å². The van der Waals surface area contributed by atoms with Gasteiger partial charge in [-0.25, -0.2) is 0 Å². The second-order valence-corrected chi connectivity index (χ2v) is 5.63. The number of carbonyl (C=O) groups excluding carboxylic acids is 1. The molecule has 22 heavy (non-hydrogen) atoms. The Kier molecular flexibility index (Phi) is 5.98. The van der Waals surface area contributed by atoms with Crippen molar-refractivity contribution < 1.29 is 9.53 Å². The lowest BCUT2D eigenvalue weighted by molar-refractivity contribution is 0.0950. The lowest BCUT2D eigenvalue weighted by atomic mass is 10.2. The molecule has 0 saturated heterocycles. The van der Waals surface area contributed by atoms with Crippen LogP contribution in [0.1, 0.15) is 22.3 Å². The molecule has 2 aromatic rings. The topological polar surface area (TPSA) is 54.1 Å². The van der Waals surface area contributed by atoms with Crippen LogP contribution in [0.5, 0.6) is 5.75 Å². The summed E-state index contributed by atoms with van der Waals surface area (Å²) in [6.45, 7) is 2.99. The van der Waals surface area contributed by atoms with E-state index >= 15 is 0 Å². The molecule has 0 radical (unpaired) electrons. The molecule has 0 saturated carbocycles. The molecule has 1 heterocycles. The summed E-state index contributed by atoms with van der Waals surface area (Å²) >= 11 is 11.0. The third-order valence-electron chi connectivity index (χ3n) is 3.06. The Hall–Kier alpha value is -1.85. The van der Waals surface area contributed by atoms with Gasteiger partial charge in [-0.3, -0.25) is 4.79 Å². The zero-order chi connectivity index (χ0) is 15.9. The molecule has 116 valence electrons. The number of hydrogen-bond acceptors (Lipinski definition) is 3. The number of aromatic nitrogens is 1. The fourth-order valence-electron chi connectivity index (χ4n) is 1.93. The molecular weight excluding hydrogens is 320 g/mol. The minimum absolute atomic E-state index is 0.176. The highest BCUT2D eigenvalue weighted by Gasteiger charge is 2.06. The average Bonchev–Trinajstić information content (AvgIpc) is 2.49. The van der Waals surface area contributed by atoms with Gasteiger partial charge in [-0.2, -0.15) is 0 Å². The number of aromatic amines is 1. The van der Waals surface area contributed by atoms with Crippen LogP contribution in [-0.2, 0) is 0 Å². The van der Waals surface area contributed by atoms with Gasteiger partial charge in [0.1, 0.15) is 10.4 Å². The molecule has 0 aliphatic carbocycles. The smallest absolute Gasteiger partial charge is 0.254 e. The highest BCUT2D eigenvalue weighted by atomic mass is 35.5. The van der Waals surface area contributed by atoms with E-state index in [1.54, 1.807) is 24.4 Å². The van der Waals surface area contributed by atoms with Gasteiger partial charge in [-0.05, 0) is 49.2 Å². The standard InChI is InChI=1S/C16H17ClN2O2S/c1-11-10-12(17)5-6-14(11)21-9-3-8-18-15(20)13-4-2-7-19-16(13)22/h2,4-7,10H,3,8-9H2,1H3,(H,18,20)(H,19,22). The summed E-state index contributed by atoms with van der Waals surface area (Å²) in [5.74, 6) is 0.630. The monoisotopic (exact) mass is 336 g/mol. The quantitative estimate of drug-likeness (QED) is 0.621. The van der Waals surface area contributed by atoms with Crippen LogP contribution in [0.25, 0.3) is 0 Å². The number of hydrogen-bond donors (Lipinski definition) is 2. The predicted octanol–water partition coefficient (Wildman–Crippen LogP) is 3.90. The normalized spacial score (nSPS) is 10.3. The second kappa shape index (κ2) is 7.96. The van der Waals surface area contributed by atoms with E-state index < -0.39 is 0 Å². The van der Waals surface area contributed by atoms with Crippen LogP contribution < -0.4 is 10.1 Å². The lowest BCUT2D eigenvalue weighted by Crippen LogP contribution is -2.26. The maximum atomic E-state index is 11.9. The van der Waals surface area contributed by atoms with Gasteiger partial charge in [0.15, 0.2) is 0 Å². The van der Waals surface area contributed by atoms with Gasteiger partial charge in [0.25, 0.3) is 5.91 Å². The van der Waals surface area contributed by atoms with E-state index in [0.717, 1.165) is 11.3 Å². The summed E-state index contributed by atoms with van der Waals surface area (Å²) < 4.78 is 6.10. The molecule has 0 unspecified atom stereocenters. The largest absolute Gasteiger partial charge is 0.493 e. The second-order valence-electron chi connectivity index (χ2n) is 4.78. The van der Waals surface area contributed by atoms with Gasteiger partial charge in [0.05, 0.1) is 12.2 Å². The molecule has 6 heteroatoms. The number of carbonyl (C=O) groups is 1. The molecule has 1 aromatic heterocycles. The molecule has 0 aliphatic heterocycles. The number of aryl methyl sites for hydroxylation is 1. The van der Waals surface area contributed by atoms with Gasteiger partial charge in [0, 0.05) is 17.8 Å². The van der Waals surface area contributed by atoms with Crippen LogP contribution >= 0.6 is 23.8 Å². The Morgan fingerprint density at radius 2 is 2.23 bits per heavy atom. The molecule has 1 aromatic carbocycles. The van der Waals surface area contributed by atoms with Crippen molar-refractivity contribution in [3.05, 3.63) is 57.3 Å². The summed E-state index contributed by atoms with van der Waals surface area (Å²) in [6, 6.07) is 8.94.